The Hall–Kier alpha value is -1.59. The molecule has 0 aliphatic carbocycles. The molecule has 0 saturated heterocycles. The summed E-state index contributed by atoms with van der Waals surface area (Å²) < 4.78 is 31.2. The van der Waals surface area contributed by atoms with Crippen molar-refractivity contribution in [3.63, 3.8) is 0 Å². The van der Waals surface area contributed by atoms with Crippen LogP contribution in [0.3, 0.4) is 0 Å². The van der Waals surface area contributed by atoms with Gasteiger partial charge in [-0.15, -0.1) is 0 Å². The van der Waals surface area contributed by atoms with Crippen LogP contribution >= 0.6 is 23.5 Å². The van der Waals surface area contributed by atoms with Crippen molar-refractivity contribution in [2.75, 3.05) is 13.2 Å². The van der Waals surface area contributed by atoms with Crippen molar-refractivity contribution in [1.29, 1.82) is 0 Å². The average molecular weight is 480 g/mol. The number of H-pyrrole nitrogens is 1. The summed E-state index contributed by atoms with van der Waals surface area (Å²) in [6.45, 7) is 10.2. The molecule has 0 saturated carbocycles. The van der Waals surface area contributed by atoms with Gasteiger partial charge >= 0.3 is 7.60 Å². The number of fused-ring (bicyclic) bond motifs is 1. The van der Waals surface area contributed by atoms with Crippen LogP contribution in [0.25, 0.3) is 22.0 Å². The minimum atomic E-state index is -3.42. The maximum absolute atomic E-state index is 13.4. The molecule has 0 radical (unpaired) electrons. The molecule has 2 aromatic carbocycles. The van der Waals surface area contributed by atoms with E-state index in [-0.39, 0.29) is 6.10 Å². The third-order valence-corrected chi connectivity index (χ3v) is 7.38. The minimum absolute atomic E-state index is 0.122. The maximum Gasteiger partial charge on any atom is 0.377 e. The van der Waals surface area contributed by atoms with Crippen molar-refractivity contribution < 1.29 is 18.3 Å². The predicted molar refractivity (Wildman–Crippen MR) is 122 cm³/mol. The van der Waals surface area contributed by atoms with E-state index < -0.39 is 7.60 Å². The van der Waals surface area contributed by atoms with Gasteiger partial charge in [-0.3, -0.25) is 4.57 Å². The van der Waals surface area contributed by atoms with Crippen molar-refractivity contribution in [3.05, 3.63) is 46.4 Å². The molecule has 156 valence electrons. The summed E-state index contributed by atoms with van der Waals surface area (Å²) >= 11 is 3.69. The van der Waals surface area contributed by atoms with Gasteiger partial charge in [0.25, 0.3) is 0 Å². The lowest BCUT2D eigenvalue weighted by molar-refractivity contribution is 0.229. The zero-order valence-electron chi connectivity index (χ0n) is 17.4. The lowest BCUT2D eigenvalue weighted by Crippen LogP contribution is -2.14. The zero-order valence-corrected chi connectivity index (χ0v) is 19.9. The topological polar surface area (TPSA) is 60.5 Å². The molecule has 0 aliphatic rings. The number of ether oxygens (including phenoxy) is 1. The molecule has 0 spiro atoms. The highest BCUT2D eigenvalue weighted by molar-refractivity contribution is 9.10. The van der Waals surface area contributed by atoms with E-state index in [1.54, 1.807) is 0 Å². The van der Waals surface area contributed by atoms with Crippen LogP contribution in [0, 0.1) is 6.92 Å². The van der Waals surface area contributed by atoms with Crippen LogP contribution in [-0.2, 0) is 13.6 Å². The summed E-state index contributed by atoms with van der Waals surface area (Å²) in [7, 11) is -3.42. The fourth-order valence-corrected chi connectivity index (χ4v) is 5.80. The highest BCUT2D eigenvalue weighted by Crippen LogP contribution is 2.49. The van der Waals surface area contributed by atoms with Crippen LogP contribution in [0.5, 0.6) is 5.75 Å². The molecule has 1 N–H and O–H groups in total. The Bertz CT molecular complexity index is 1030. The van der Waals surface area contributed by atoms with Crippen LogP contribution in [0.1, 0.15) is 33.3 Å². The van der Waals surface area contributed by atoms with Crippen molar-refractivity contribution in [3.8, 4) is 16.9 Å². The second-order valence-corrected chi connectivity index (χ2v) is 9.78. The number of aromatic nitrogens is 1. The lowest BCUT2D eigenvalue weighted by Gasteiger charge is -2.16. The normalized spacial score (nSPS) is 12.1. The molecule has 0 fully saturated rings. The predicted octanol–water partition coefficient (Wildman–Crippen LogP) is 6.58. The smallest absolute Gasteiger partial charge is 0.377 e. The van der Waals surface area contributed by atoms with Gasteiger partial charge in [-0.05, 0) is 70.0 Å². The first-order chi connectivity index (χ1) is 13.8. The summed E-state index contributed by atoms with van der Waals surface area (Å²) in [5.74, 6) is 0.829. The molecular weight excluding hydrogens is 453 g/mol. The maximum atomic E-state index is 13.4. The van der Waals surface area contributed by atoms with E-state index in [9.17, 15) is 4.57 Å². The van der Waals surface area contributed by atoms with Gasteiger partial charge in [-0.25, -0.2) is 0 Å². The van der Waals surface area contributed by atoms with E-state index in [0.29, 0.717) is 18.6 Å². The number of halogens is 1. The van der Waals surface area contributed by atoms with E-state index in [1.165, 1.54) is 0 Å². The summed E-state index contributed by atoms with van der Waals surface area (Å²) in [6, 6.07) is 12.0. The molecule has 0 unspecified atom stereocenters. The zero-order chi connectivity index (χ0) is 21.2. The van der Waals surface area contributed by atoms with Gasteiger partial charge in [0.1, 0.15) is 11.2 Å². The molecule has 3 aromatic rings. The largest absolute Gasteiger partial charge is 0.491 e. The van der Waals surface area contributed by atoms with Gasteiger partial charge in [-0.1, -0.05) is 28.1 Å². The second kappa shape index (κ2) is 9.05. The number of benzene rings is 2. The first-order valence-electron chi connectivity index (χ1n) is 9.78. The van der Waals surface area contributed by atoms with Gasteiger partial charge in [0.2, 0.25) is 0 Å². The Morgan fingerprint density at radius 2 is 1.66 bits per heavy atom. The molecule has 0 aliphatic heterocycles. The van der Waals surface area contributed by atoms with E-state index in [0.717, 1.165) is 37.8 Å². The van der Waals surface area contributed by atoms with Crippen molar-refractivity contribution >= 4 is 39.9 Å². The number of rotatable bonds is 8. The quantitative estimate of drug-likeness (QED) is 0.370. The average Bonchev–Trinajstić information content (AvgIpc) is 3.00. The Balaban J connectivity index is 2.17. The number of hydrogen-bond acceptors (Lipinski definition) is 4. The van der Waals surface area contributed by atoms with Gasteiger partial charge in [0, 0.05) is 20.9 Å². The molecule has 3 rings (SSSR count). The Kier molecular flexibility index (Phi) is 6.90. The van der Waals surface area contributed by atoms with Crippen molar-refractivity contribution in [2.24, 2.45) is 0 Å². The van der Waals surface area contributed by atoms with Gasteiger partial charge in [0.15, 0.2) is 0 Å². The molecule has 0 bridgehead atoms. The van der Waals surface area contributed by atoms with Crippen LogP contribution in [0.15, 0.2) is 40.9 Å². The number of aryl methyl sites for hydroxylation is 1. The number of nitrogens with one attached hydrogen (secondary N) is 1. The van der Waals surface area contributed by atoms with E-state index in [1.807, 2.05) is 71.0 Å². The molecule has 0 amide bonds. The van der Waals surface area contributed by atoms with Crippen molar-refractivity contribution in [1.82, 2.24) is 4.98 Å². The molecule has 1 aromatic heterocycles. The SMILES string of the molecule is CCOP(=O)(OCC)c1[nH]c2ccc(Br)c(-c3ccc(OC(C)C)cc3)c2c1C. The van der Waals surface area contributed by atoms with Crippen LogP contribution in [-0.4, -0.2) is 24.3 Å². The summed E-state index contributed by atoms with van der Waals surface area (Å²) in [6.07, 6.45) is 0.122. The standard InChI is InChI=1S/C22H27BrNO4P/c1-6-26-29(25,27-7-2)22-15(5)20-19(24-22)13-12-18(23)21(20)16-8-10-17(11-9-16)28-14(3)4/h8-14,24H,6-7H2,1-5H3. The first-order valence-corrected chi connectivity index (χ1v) is 12.1. The van der Waals surface area contributed by atoms with E-state index in [2.05, 4.69) is 20.9 Å². The van der Waals surface area contributed by atoms with Gasteiger partial charge < -0.3 is 18.8 Å². The second-order valence-electron chi connectivity index (χ2n) is 6.97. The Labute approximate surface area is 180 Å². The number of hydrogen-bond donors (Lipinski definition) is 1. The van der Waals surface area contributed by atoms with Crippen molar-refractivity contribution in [2.45, 2.75) is 40.7 Å². The third-order valence-electron chi connectivity index (χ3n) is 4.52. The molecular formula is C22H27BrNO4P. The Morgan fingerprint density at radius 1 is 1.03 bits per heavy atom. The first kappa shape index (κ1) is 22.1. The van der Waals surface area contributed by atoms with Gasteiger partial charge in [-0.2, -0.15) is 0 Å². The number of aromatic amines is 1. The third kappa shape index (κ3) is 4.46. The fourth-order valence-electron chi connectivity index (χ4n) is 3.45. The van der Waals surface area contributed by atoms with E-state index in [4.69, 9.17) is 13.8 Å². The Morgan fingerprint density at radius 3 is 2.21 bits per heavy atom. The molecule has 0 atom stereocenters. The molecule has 29 heavy (non-hydrogen) atoms. The van der Waals surface area contributed by atoms with Gasteiger partial charge in [0.05, 0.1) is 19.3 Å². The fraction of sp³-hybridized carbons (Fsp3) is 0.364. The highest BCUT2D eigenvalue weighted by atomic mass is 79.9. The van der Waals surface area contributed by atoms with E-state index >= 15 is 0 Å². The van der Waals surface area contributed by atoms with Crippen LogP contribution < -0.4 is 10.2 Å². The summed E-state index contributed by atoms with van der Waals surface area (Å²) in [4.78, 5) is 3.29. The molecule has 5 nitrogen and oxygen atoms in total. The summed E-state index contributed by atoms with van der Waals surface area (Å²) in [5, 5.41) is 0.992. The highest BCUT2D eigenvalue weighted by Gasteiger charge is 2.32. The summed E-state index contributed by atoms with van der Waals surface area (Å²) in [5.41, 5.74) is 4.32. The molecule has 7 heteroatoms. The minimum Gasteiger partial charge on any atom is -0.491 e. The lowest BCUT2D eigenvalue weighted by atomic mass is 9.99. The molecule has 1 heterocycles. The monoisotopic (exact) mass is 479 g/mol. The van der Waals surface area contributed by atoms with Crippen LogP contribution in [0.2, 0.25) is 0 Å². The van der Waals surface area contributed by atoms with Crippen LogP contribution in [0.4, 0.5) is 0 Å².